The number of nitrogens with one attached hydrogen (secondary N) is 10. The molecular weight excluding hydrogens is 1120 g/mol. The van der Waals surface area contributed by atoms with Gasteiger partial charge in [-0.1, -0.05) is 18.6 Å². The van der Waals surface area contributed by atoms with Gasteiger partial charge in [-0.15, -0.1) is 0 Å². The average molecular weight is 1220 g/mol. The minimum absolute atomic E-state index is 0.0125. The number of nitrogens with zero attached hydrogens (tertiary/aromatic N) is 2. The van der Waals surface area contributed by atoms with E-state index in [1.807, 2.05) is 0 Å². The quantitative estimate of drug-likeness (QED) is 0.0117. The molecule has 25 N–H and O–H groups in total. The van der Waals surface area contributed by atoms with Crippen molar-refractivity contribution >= 4 is 94.1 Å². The van der Waals surface area contributed by atoms with Crippen molar-refractivity contribution in [1.82, 2.24) is 58.1 Å². The number of carbonyl (C=O) groups is 12. The van der Waals surface area contributed by atoms with Crippen molar-refractivity contribution in [2.75, 3.05) is 52.4 Å². The zero-order chi connectivity index (χ0) is 63.5. The van der Waals surface area contributed by atoms with E-state index in [1.54, 1.807) is 6.92 Å². The van der Waals surface area contributed by atoms with Crippen LogP contribution >= 0.6 is 12.2 Å². The van der Waals surface area contributed by atoms with Gasteiger partial charge in [0.1, 0.15) is 48.3 Å². The predicted molar refractivity (Wildman–Crippen MR) is 309 cm³/mol. The number of aliphatic carboxylic acids is 1. The summed E-state index contributed by atoms with van der Waals surface area (Å²) in [6.07, 6.45) is 1.43. The van der Waals surface area contributed by atoms with Crippen molar-refractivity contribution in [3.05, 3.63) is 0 Å². The van der Waals surface area contributed by atoms with Crippen molar-refractivity contribution < 1.29 is 72.9 Å². The lowest BCUT2D eigenvalue weighted by molar-refractivity contribution is -0.143. The third kappa shape index (κ3) is 29.7. The van der Waals surface area contributed by atoms with E-state index in [1.165, 1.54) is 11.8 Å². The third-order valence-electron chi connectivity index (χ3n) is 13.0. The smallest absolute Gasteiger partial charge is 0.326 e. The Labute approximate surface area is 492 Å². The van der Waals surface area contributed by atoms with E-state index in [4.69, 9.17) is 46.6 Å². The minimum atomic E-state index is -1.67. The number of carboxylic acid groups (broad SMARTS) is 1. The molecule has 0 aliphatic carbocycles. The second-order valence-corrected chi connectivity index (χ2v) is 20.7. The van der Waals surface area contributed by atoms with Gasteiger partial charge in [0.15, 0.2) is 5.96 Å². The third-order valence-corrected chi connectivity index (χ3v) is 13.2. The molecule has 0 aromatic carbocycles. The summed E-state index contributed by atoms with van der Waals surface area (Å²) >= 11 is 5.06. The summed E-state index contributed by atoms with van der Waals surface area (Å²) in [4.78, 5) is 163. The summed E-state index contributed by atoms with van der Waals surface area (Å²) < 4.78 is 0. The number of nitrogens with two attached hydrogens (primary N) is 6. The summed E-state index contributed by atoms with van der Waals surface area (Å²) in [5.74, 6) is -11.0. The fourth-order valence-corrected chi connectivity index (χ4v) is 8.46. The number of guanidine groups is 1. The molecule has 1 fully saturated rings. The summed E-state index contributed by atoms with van der Waals surface area (Å²) in [7, 11) is 0. The van der Waals surface area contributed by atoms with Crippen LogP contribution in [0.3, 0.4) is 0 Å². The molecule has 0 spiro atoms. The Morgan fingerprint density at radius 1 is 0.619 bits per heavy atom. The van der Waals surface area contributed by atoms with Gasteiger partial charge in [-0.2, -0.15) is 0 Å². The molecule has 1 rings (SSSR count). The largest absolute Gasteiger partial charge is 0.480 e. The van der Waals surface area contributed by atoms with Crippen LogP contribution < -0.4 is 87.6 Å². The molecule has 1 aliphatic rings. The molecule has 11 amide bonds. The fourth-order valence-electron chi connectivity index (χ4n) is 8.36. The lowest BCUT2D eigenvalue weighted by Gasteiger charge is -2.30. The van der Waals surface area contributed by atoms with Crippen LogP contribution in [0.2, 0.25) is 0 Å². The first-order chi connectivity index (χ1) is 39.7. The zero-order valence-electron chi connectivity index (χ0n) is 48.0. The first-order valence-electron chi connectivity index (χ1n) is 27.9. The van der Waals surface area contributed by atoms with E-state index in [0.29, 0.717) is 63.0 Å². The number of rotatable bonds is 42. The standard InChI is InChI=1S/C50H90N18O15S/c1-27(48(81)68-23-11-16-36(68)46(79)64-33(15-10-22-58-50(55)56)43(76)63-32(13-5-8-20-52)44(77)65-34(49(82)83)17-18-37(54)71)61-42(75)31(14-6-9-21-57-29(3)84)62-39(73)25-59-38(72)24-60-47(80)40(28(2)70)67-45(78)35(26-69)66-41(74)30(53)12-4-7-19-51/h27-28,30-36,40,69-70H,4-26,51-53H2,1-3H3,(H2,54,71)(H,57,84)(H,59,72)(H,60,80)(H,61,75)(H,62,73)(H,63,76)(H,64,79)(H,65,77)(H,66,74)(H,67,78)(H,82,83)(H4,55,56,58)/t27-,28+,30-,31-,32-,33-,34-,35-,36-,40-/m0/s1. The SMILES string of the molecule is CC(=S)NCCCC[C@H](NC(=O)CNC(=O)CNC(=O)[C@@H](NC(=O)[C@H](CO)NC(=O)[C@@H](N)CCCCN)[C@@H](C)O)C(=O)N[C@@H](C)C(=O)N1CCC[C@H]1C(=O)N[C@@H](CCCN=C(N)N)C(=O)N[C@@H](CCCCN)C(=O)N[C@@H](CCC(N)=O)C(=O)O. The van der Waals surface area contributed by atoms with E-state index in [0.717, 1.165) is 6.92 Å². The highest BCUT2D eigenvalue weighted by atomic mass is 32.1. The first kappa shape index (κ1) is 74.6. The number of carboxylic acids is 1. The van der Waals surface area contributed by atoms with E-state index in [2.05, 4.69) is 58.2 Å². The molecule has 33 nitrogen and oxygen atoms in total. The van der Waals surface area contributed by atoms with Gasteiger partial charge in [-0.05, 0) is 117 Å². The molecule has 0 bridgehead atoms. The maximum Gasteiger partial charge on any atom is 0.326 e. The number of aliphatic hydroxyl groups is 2. The maximum absolute atomic E-state index is 14.1. The summed E-state index contributed by atoms with van der Waals surface area (Å²) in [5.41, 5.74) is 33.1. The van der Waals surface area contributed by atoms with Gasteiger partial charge in [0, 0.05) is 26.1 Å². The molecule has 0 saturated carbocycles. The Bertz CT molecular complexity index is 2260. The van der Waals surface area contributed by atoms with Crippen molar-refractivity contribution in [3.63, 3.8) is 0 Å². The molecule has 0 unspecified atom stereocenters. The average Bonchev–Trinajstić information content (AvgIpc) is 4.18. The Balaban J connectivity index is 3.17. The van der Waals surface area contributed by atoms with Crippen LogP contribution in [0.15, 0.2) is 4.99 Å². The molecule has 10 atom stereocenters. The number of hydrogen-bond donors (Lipinski definition) is 19. The molecule has 0 radical (unpaired) electrons. The Morgan fingerprint density at radius 2 is 1.15 bits per heavy atom. The van der Waals surface area contributed by atoms with Crippen LogP contribution in [-0.4, -0.2) is 215 Å². The van der Waals surface area contributed by atoms with Crippen molar-refractivity contribution in [2.24, 2.45) is 39.4 Å². The molecule has 1 aliphatic heterocycles. The van der Waals surface area contributed by atoms with E-state index < -0.39 is 151 Å². The molecule has 84 heavy (non-hydrogen) atoms. The number of carbonyl (C=O) groups excluding carboxylic acids is 11. The molecule has 0 aromatic heterocycles. The van der Waals surface area contributed by atoms with Gasteiger partial charge in [-0.25, -0.2) is 4.79 Å². The fraction of sp³-hybridized carbons (Fsp3) is 0.720. The van der Waals surface area contributed by atoms with E-state index in [9.17, 15) is 72.9 Å². The molecule has 1 saturated heterocycles. The van der Waals surface area contributed by atoms with E-state index in [-0.39, 0.29) is 77.0 Å². The topological polar surface area (TPSA) is 558 Å². The van der Waals surface area contributed by atoms with Crippen LogP contribution in [0, 0.1) is 0 Å². The summed E-state index contributed by atoms with van der Waals surface area (Å²) in [6.45, 7) is 3.04. The highest BCUT2D eigenvalue weighted by Gasteiger charge is 2.39. The molecule has 0 aromatic rings. The van der Waals surface area contributed by atoms with Crippen LogP contribution in [-0.2, 0) is 57.5 Å². The summed E-state index contributed by atoms with van der Waals surface area (Å²) in [5, 5.41) is 54.5. The second kappa shape index (κ2) is 40.8. The van der Waals surface area contributed by atoms with Gasteiger partial charge in [-0.3, -0.25) is 57.7 Å². The van der Waals surface area contributed by atoms with Crippen molar-refractivity contribution in [2.45, 2.75) is 178 Å². The Kier molecular flexibility index (Phi) is 36.2. The number of thiocarbonyl (C=S) groups is 1. The van der Waals surface area contributed by atoms with Gasteiger partial charge in [0.05, 0.1) is 36.8 Å². The van der Waals surface area contributed by atoms with Crippen LogP contribution in [0.25, 0.3) is 0 Å². The molecular formula is C50H90N18O15S. The molecule has 34 heteroatoms. The maximum atomic E-state index is 14.1. The number of aliphatic hydroxyl groups excluding tert-OH is 2. The Morgan fingerprint density at radius 3 is 1.73 bits per heavy atom. The normalized spacial score (nSPS) is 16.0. The number of unbranched alkanes of at least 4 members (excludes halogenated alkanes) is 3. The lowest BCUT2D eigenvalue weighted by Crippen LogP contribution is -2.59. The number of primary amides is 1. The van der Waals surface area contributed by atoms with Gasteiger partial charge < -0.3 is 108 Å². The predicted octanol–water partition coefficient (Wildman–Crippen LogP) is -7.91. The van der Waals surface area contributed by atoms with Crippen LogP contribution in [0.1, 0.15) is 117 Å². The van der Waals surface area contributed by atoms with E-state index >= 15 is 0 Å². The summed E-state index contributed by atoms with van der Waals surface area (Å²) in [6, 6.07) is -12.1. The number of amides is 11. The number of hydrogen-bond acceptors (Lipinski definition) is 19. The highest BCUT2D eigenvalue weighted by Crippen LogP contribution is 2.20. The van der Waals surface area contributed by atoms with Crippen LogP contribution in [0.5, 0.6) is 0 Å². The van der Waals surface area contributed by atoms with Crippen LogP contribution in [0.4, 0.5) is 0 Å². The molecule has 1 heterocycles. The Hall–Kier alpha value is -7.40. The van der Waals surface area contributed by atoms with Gasteiger partial charge in [0.25, 0.3) is 0 Å². The number of likely N-dealkylation sites (tertiary alicyclic amines) is 1. The van der Waals surface area contributed by atoms with Gasteiger partial charge in [0.2, 0.25) is 65.0 Å². The monoisotopic (exact) mass is 1210 g/mol. The molecule has 476 valence electrons. The second-order valence-electron chi connectivity index (χ2n) is 20.1. The zero-order valence-corrected chi connectivity index (χ0v) is 48.9. The van der Waals surface area contributed by atoms with Crippen molar-refractivity contribution in [3.8, 4) is 0 Å². The minimum Gasteiger partial charge on any atom is -0.480 e. The first-order valence-corrected chi connectivity index (χ1v) is 28.3. The van der Waals surface area contributed by atoms with Gasteiger partial charge >= 0.3 is 5.97 Å². The lowest BCUT2D eigenvalue weighted by atomic mass is 10.0. The highest BCUT2D eigenvalue weighted by molar-refractivity contribution is 7.80. The number of aliphatic imine (C=N–C) groups is 1. The van der Waals surface area contributed by atoms with Crippen molar-refractivity contribution in [1.29, 1.82) is 0 Å².